The number of hydrogen-bond acceptors (Lipinski definition) is 5. The second-order valence-electron chi connectivity index (χ2n) is 4.09. The first-order valence-corrected chi connectivity index (χ1v) is 7.99. The Bertz CT molecular complexity index is 633. The number of carbonyl (C=O) groups excluding carboxylic acids is 1. The second kappa shape index (κ2) is 6.76. The Labute approximate surface area is 124 Å². The summed E-state index contributed by atoms with van der Waals surface area (Å²) in [4.78, 5) is 22.7. The molecular formula is C14H14O4S2. The molecule has 4 nitrogen and oxygen atoms in total. The number of carboxylic acid groups (broad SMARTS) is 1. The Morgan fingerprint density at radius 2 is 2.10 bits per heavy atom. The summed E-state index contributed by atoms with van der Waals surface area (Å²) in [6.07, 6.45) is 0.339. The van der Waals surface area contributed by atoms with Crippen LogP contribution in [0.5, 0.6) is 0 Å². The summed E-state index contributed by atoms with van der Waals surface area (Å²) in [5.41, 5.74) is 0.841. The van der Waals surface area contributed by atoms with Crippen molar-refractivity contribution in [1.29, 1.82) is 0 Å². The van der Waals surface area contributed by atoms with E-state index in [1.807, 2.05) is 24.3 Å². The molecule has 0 fully saturated rings. The monoisotopic (exact) mass is 310 g/mol. The number of thiophene rings is 1. The average molecular weight is 310 g/mol. The predicted octanol–water partition coefficient (Wildman–Crippen LogP) is 3.40. The molecular weight excluding hydrogens is 296 g/mol. The van der Waals surface area contributed by atoms with E-state index in [2.05, 4.69) is 4.74 Å². The van der Waals surface area contributed by atoms with Gasteiger partial charge in [0.2, 0.25) is 0 Å². The molecule has 1 aromatic heterocycles. The van der Waals surface area contributed by atoms with Crippen LogP contribution < -0.4 is 0 Å². The van der Waals surface area contributed by atoms with Gasteiger partial charge in [-0.25, -0.2) is 4.79 Å². The number of hydrogen-bond donors (Lipinski definition) is 1. The molecule has 20 heavy (non-hydrogen) atoms. The molecule has 0 radical (unpaired) electrons. The van der Waals surface area contributed by atoms with Crippen molar-refractivity contribution in [3.8, 4) is 0 Å². The van der Waals surface area contributed by atoms with Crippen LogP contribution >= 0.6 is 23.1 Å². The molecule has 1 heterocycles. The molecule has 0 amide bonds. The maximum Gasteiger partial charge on any atom is 0.346 e. The molecule has 0 atom stereocenters. The Hall–Kier alpha value is -1.53. The van der Waals surface area contributed by atoms with E-state index in [0.717, 1.165) is 15.6 Å². The van der Waals surface area contributed by atoms with Gasteiger partial charge >= 0.3 is 11.9 Å². The normalized spacial score (nSPS) is 10.7. The van der Waals surface area contributed by atoms with E-state index in [0.29, 0.717) is 22.8 Å². The van der Waals surface area contributed by atoms with Crippen LogP contribution in [0.3, 0.4) is 0 Å². The fourth-order valence-corrected chi connectivity index (χ4v) is 3.96. The molecule has 0 saturated carbocycles. The molecule has 0 saturated heterocycles. The summed E-state index contributed by atoms with van der Waals surface area (Å²) in [6, 6.07) is 7.67. The molecule has 0 aliphatic carbocycles. The third kappa shape index (κ3) is 3.32. The predicted molar refractivity (Wildman–Crippen MR) is 81.6 cm³/mol. The van der Waals surface area contributed by atoms with Crippen LogP contribution in [0.25, 0.3) is 10.1 Å². The lowest BCUT2D eigenvalue weighted by atomic mass is 10.1. The number of carboxylic acids is 1. The molecule has 0 aliphatic rings. The number of aromatic carboxylic acids is 1. The molecule has 0 spiro atoms. The third-order valence-corrected chi connectivity index (χ3v) is 5.00. The molecule has 2 aromatic rings. The highest BCUT2D eigenvalue weighted by Gasteiger charge is 2.17. The van der Waals surface area contributed by atoms with Gasteiger partial charge in [-0.05, 0) is 17.0 Å². The van der Waals surface area contributed by atoms with Gasteiger partial charge in [0.25, 0.3) is 0 Å². The van der Waals surface area contributed by atoms with E-state index in [9.17, 15) is 14.7 Å². The van der Waals surface area contributed by atoms with E-state index in [-0.39, 0.29) is 5.97 Å². The average Bonchev–Trinajstić information content (AvgIpc) is 2.82. The van der Waals surface area contributed by atoms with Gasteiger partial charge in [0.05, 0.1) is 13.5 Å². The molecule has 106 valence electrons. The molecule has 2 rings (SSSR count). The van der Waals surface area contributed by atoms with E-state index >= 15 is 0 Å². The molecule has 1 aromatic carbocycles. The number of thioether (sulfide) groups is 1. The summed E-state index contributed by atoms with van der Waals surface area (Å²) < 4.78 is 5.56. The zero-order valence-corrected chi connectivity index (χ0v) is 12.6. The minimum Gasteiger partial charge on any atom is -0.477 e. The third-order valence-electron chi connectivity index (χ3n) is 2.82. The molecule has 6 heteroatoms. The highest BCUT2D eigenvalue weighted by molar-refractivity contribution is 7.98. The fraction of sp³-hybridized carbons (Fsp3) is 0.286. The van der Waals surface area contributed by atoms with Crippen LogP contribution in [-0.4, -0.2) is 29.9 Å². The number of ether oxygens (including phenoxy) is 1. The lowest BCUT2D eigenvalue weighted by Gasteiger charge is -2.02. The van der Waals surface area contributed by atoms with Crippen molar-refractivity contribution in [2.75, 3.05) is 12.9 Å². The maximum absolute atomic E-state index is 11.3. The molecule has 1 N–H and O–H groups in total. The van der Waals surface area contributed by atoms with E-state index in [1.165, 1.54) is 18.4 Å². The summed E-state index contributed by atoms with van der Waals surface area (Å²) in [7, 11) is 1.36. The van der Waals surface area contributed by atoms with Crippen molar-refractivity contribution in [1.82, 2.24) is 0 Å². The van der Waals surface area contributed by atoms with Crippen molar-refractivity contribution in [2.24, 2.45) is 0 Å². The summed E-state index contributed by atoms with van der Waals surface area (Å²) in [5, 5.41) is 10.3. The van der Waals surface area contributed by atoms with Crippen LogP contribution in [0.2, 0.25) is 0 Å². The van der Waals surface area contributed by atoms with Gasteiger partial charge in [0.15, 0.2) is 0 Å². The van der Waals surface area contributed by atoms with Gasteiger partial charge in [-0.15, -0.1) is 11.3 Å². The van der Waals surface area contributed by atoms with Crippen molar-refractivity contribution >= 4 is 45.1 Å². The standard InChI is InChI=1S/C14H14O4S2/c1-18-12(15)6-7-19-8-10-9-4-2-3-5-11(9)20-13(10)14(16)17/h2-5H,6-8H2,1H3,(H,16,17). The zero-order valence-electron chi connectivity index (χ0n) is 10.9. The van der Waals surface area contributed by atoms with Crippen LogP contribution in [0.4, 0.5) is 0 Å². The van der Waals surface area contributed by atoms with Gasteiger partial charge < -0.3 is 9.84 Å². The molecule has 0 aliphatic heterocycles. The van der Waals surface area contributed by atoms with Gasteiger partial charge in [-0.1, -0.05) is 18.2 Å². The number of carbonyl (C=O) groups is 2. The van der Waals surface area contributed by atoms with Crippen LogP contribution in [0, 0.1) is 0 Å². The first-order chi connectivity index (χ1) is 9.63. The minimum absolute atomic E-state index is 0.244. The SMILES string of the molecule is COC(=O)CCSCc1c(C(=O)O)sc2ccccc12. The van der Waals surface area contributed by atoms with Crippen molar-refractivity contribution < 1.29 is 19.4 Å². The quantitative estimate of drug-likeness (QED) is 0.654. The van der Waals surface area contributed by atoms with Gasteiger partial charge in [-0.2, -0.15) is 11.8 Å². The highest BCUT2D eigenvalue weighted by atomic mass is 32.2. The number of fused-ring (bicyclic) bond motifs is 1. The van der Waals surface area contributed by atoms with Crippen molar-refractivity contribution in [3.05, 3.63) is 34.7 Å². The van der Waals surface area contributed by atoms with Gasteiger partial charge in [0, 0.05) is 16.2 Å². The smallest absolute Gasteiger partial charge is 0.346 e. The van der Waals surface area contributed by atoms with Gasteiger partial charge in [0.1, 0.15) is 4.88 Å². The van der Waals surface area contributed by atoms with E-state index in [4.69, 9.17) is 0 Å². The Morgan fingerprint density at radius 1 is 1.35 bits per heavy atom. The van der Waals surface area contributed by atoms with Crippen LogP contribution in [0.15, 0.2) is 24.3 Å². The Morgan fingerprint density at radius 3 is 2.80 bits per heavy atom. The summed E-state index contributed by atoms with van der Waals surface area (Å²) >= 11 is 2.84. The summed E-state index contributed by atoms with van der Waals surface area (Å²) in [6.45, 7) is 0. The van der Waals surface area contributed by atoms with Crippen molar-refractivity contribution in [3.63, 3.8) is 0 Å². The second-order valence-corrected chi connectivity index (χ2v) is 6.25. The lowest BCUT2D eigenvalue weighted by molar-refractivity contribution is -0.140. The van der Waals surface area contributed by atoms with Crippen LogP contribution in [-0.2, 0) is 15.3 Å². The molecule has 0 unspecified atom stereocenters. The van der Waals surface area contributed by atoms with E-state index in [1.54, 1.807) is 11.8 Å². The van der Waals surface area contributed by atoms with Crippen molar-refractivity contribution in [2.45, 2.75) is 12.2 Å². The van der Waals surface area contributed by atoms with Crippen LogP contribution in [0.1, 0.15) is 21.7 Å². The first-order valence-electron chi connectivity index (χ1n) is 6.01. The van der Waals surface area contributed by atoms with E-state index < -0.39 is 5.97 Å². The molecule has 0 bridgehead atoms. The topological polar surface area (TPSA) is 63.6 Å². The number of benzene rings is 1. The lowest BCUT2D eigenvalue weighted by Crippen LogP contribution is -2.02. The largest absolute Gasteiger partial charge is 0.477 e. The first kappa shape index (κ1) is 14.9. The summed E-state index contributed by atoms with van der Waals surface area (Å²) in [5.74, 6) is 0.0688. The zero-order chi connectivity index (χ0) is 14.5. The highest BCUT2D eigenvalue weighted by Crippen LogP contribution is 2.33. The minimum atomic E-state index is -0.894. The number of rotatable bonds is 6. The Balaban J connectivity index is 2.13. The maximum atomic E-state index is 11.3. The number of esters is 1. The fourth-order valence-electron chi connectivity index (χ4n) is 1.85. The van der Waals surface area contributed by atoms with Gasteiger partial charge in [-0.3, -0.25) is 4.79 Å². The Kier molecular flexibility index (Phi) is 5.03. The number of methoxy groups -OCH3 is 1.